The van der Waals surface area contributed by atoms with E-state index in [9.17, 15) is 5.11 Å². The van der Waals surface area contributed by atoms with Crippen LogP contribution in [0.5, 0.6) is 0 Å². The van der Waals surface area contributed by atoms with Crippen LogP contribution >= 0.6 is 23.2 Å². The molecule has 0 saturated heterocycles. The molecule has 1 saturated carbocycles. The van der Waals surface area contributed by atoms with Gasteiger partial charge in [-0.2, -0.15) is 0 Å². The maximum Gasteiger partial charge on any atom is 0.0637 e. The SMILES string of the molecule is CCC1(C(O)Cc2ccc(Cl)cc2Cl)CCCC1. The van der Waals surface area contributed by atoms with Gasteiger partial charge in [0.05, 0.1) is 6.10 Å². The Bertz CT molecular complexity index is 411. The molecule has 1 nitrogen and oxygen atoms in total. The number of benzene rings is 1. The van der Waals surface area contributed by atoms with E-state index in [2.05, 4.69) is 6.92 Å². The summed E-state index contributed by atoms with van der Waals surface area (Å²) in [4.78, 5) is 0. The van der Waals surface area contributed by atoms with Crippen molar-refractivity contribution in [3.63, 3.8) is 0 Å². The van der Waals surface area contributed by atoms with E-state index in [0.717, 1.165) is 24.8 Å². The van der Waals surface area contributed by atoms with E-state index < -0.39 is 0 Å². The molecule has 1 N–H and O–H groups in total. The Labute approximate surface area is 119 Å². The summed E-state index contributed by atoms with van der Waals surface area (Å²) in [5.74, 6) is 0. The van der Waals surface area contributed by atoms with Gasteiger partial charge < -0.3 is 5.11 Å². The second kappa shape index (κ2) is 5.81. The predicted molar refractivity (Wildman–Crippen MR) is 77.4 cm³/mol. The Morgan fingerprint density at radius 3 is 2.50 bits per heavy atom. The van der Waals surface area contributed by atoms with Gasteiger partial charge in [-0.3, -0.25) is 0 Å². The first-order valence-electron chi connectivity index (χ1n) is 6.69. The fourth-order valence-electron chi connectivity index (χ4n) is 3.11. The van der Waals surface area contributed by atoms with E-state index in [4.69, 9.17) is 23.2 Å². The van der Waals surface area contributed by atoms with E-state index in [1.165, 1.54) is 12.8 Å². The van der Waals surface area contributed by atoms with Gasteiger partial charge in [-0.15, -0.1) is 0 Å². The lowest BCUT2D eigenvalue weighted by molar-refractivity contribution is 0.0257. The Balaban J connectivity index is 2.12. The van der Waals surface area contributed by atoms with Gasteiger partial charge in [-0.05, 0) is 42.4 Å². The lowest BCUT2D eigenvalue weighted by Gasteiger charge is -2.33. The molecule has 1 aromatic rings. The average molecular weight is 287 g/mol. The van der Waals surface area contributed by atoms with E-state index in [1.807, 2.05) is 12.1 Å². The zero-order valence-electron chi connectivity index (χ0n) is 10.8. The molecule has 0 bridgehead atoms. The third-order valence-corrected chi connectivity index (χ3v) is 5.03. The van der Waals surface area contributed by atoms with Crippen LogP contribution in [0.4, 0.5) is 0 Å². The molecule has 0 spiro atoms. The van der Waals surface area contributed by atoms with Crippen molar-refractivity contribution < 1.29 is 5.11 Å². The fourth-order valence-corrected chi connectivity index (χ4v) is 3.60. The standard InChI is InChI=1S/C15H20Cl2O/c1-2-15(7-3-4-8-15)14(18)9-11-5-6-12(16)10-13(11)17/h5-6,10,14,18H,2-4,7-9H2,1H3. The summed E-state index contributed by atoms with van der Waals surface area (Å²) in [6, 6.07) is 5.51. The molecule has 18 heavy (non-hydrogen) atoms. The van der Waals surface area contributed by atoms with Crippen LogP contribution in [0.25, 0.3) is 0 Å². The molecule has 1 aliphatic rings. The lowest BCUT2D eigenvalue weighted by Crippen LogP contribution is -2.33. The van der Waals surface area contributed by atoms with Crippen LogP contribution in [-0.2, 0) is 6.42 Å². The van der Waals surface area contributed by atoms with Crippen molar-refractivity contribution in [2.24, 2.45) is 5.41 Å². The maximum atomic E-state index is 10.6. The molecule has 0 aliphatic heterocycles. The highest BCUT2D eigenvalue weighted by atomic mass is 35.5. The summed E-state index contributed by atoms with van der Waals surface area (Å²) in [6.45, 7) is 2.18. The first kappa shape index (κ1) is 14.2. The Hall–Kier alpha value is -0.240. The molecule has 0 amide bonds. The third kappa shape index (κ3) is 2.84. The molecule has 1 atom stereocenters. The monoisotopic (exact) mass is 286 g/mol. The average Bonchev–Trinajstić information content (AvgIpc) is 2.82. The summed E-state index contributed by atoms with van der Waals surface area (Å²) in [5.41, 5.74) is 1.09. The molecule has 100 valence electrons. The van der Waals surface area contributed by atoms with E-state index in [-0.39, 0.29) is 11.5 Å². The molecule has 0 radical (unpaired) electrons. The third-order valence-electron chi connectivity index (χ3n) is 4.44. The number of hydrogen-bond acceptors (Lipinski definition) is 1. The Morgan fingerprint density at radius 2 is 1.94 bits per heavy atom. The highest BCUT2D eigenvalue weighted by molar-refractivity contribution is 6.35. The number of halogens is 2. The van der Waals surface area contributed by atoms with Gasteiger partial charge in [0, 0.05) is 16.5 Å². The topological polar surface area (TPSA) is 20.2 Å². The molecule has 1 aromatic carbocycles. The molecular weight excluding hydrogens is 267 g/mol. The summed E-state index contributed by atoms with van der Waals surface area (Å²) < 4.78 is 0. The van der Waals surface area contributed by atoms with Gasteiger partial charge in [0.25, 0.3) is 0 Å². The van der Waals surface area contributed by atoms with Crippen LogP contribution in [0, 0.1) is 5.41 Å². The number of hydrogen-bond donors (Lipinski definition) is 1. The summed E-state index contributed by atoms with van der Waals surface area (Å²) in [6.07, 6.45) is 6.11. The quantitative estimate of drug-likeness (QED) is 0.837. The van der Waals surface area contributed by atoms with Crippen molar-refractivity contribution >= 4 is 23.2 Å². The molecule has 1 unspecified atom stereocenters. The minimum absolute atomic E-state index is 0.100. The van der Waals surface area contributed by atoms with Crippen LogP contribution in [0.3, 0.4) is 0 Å². The maximum absolute atomic E-state index is 10.6. The van der Waals surface area contributed by atoms with Crippen molar-refractivity contribution in [3.05, 3.63) is 33.8 Å². The number of aliphatic hydroxyl groups is 1. The molecule has 2 rings (SSSR count). The van der Waals surface area contributed by atoms with E-state index >= 15 is 0 Å². The van der Waals surface area contributed by atoms with Gasteiger partial charge in [-0.1, -0.05) is 49.0 Å². The van der Waals surface area contributed by atoms with Gasteiger partial charge >= 0.3 is 0 Å². The highest BCUT2D eigenvalue weighted by Gasteiger charge is 2.38. The van der Waals surface area contributed by atoms with Crippen LogP contribution in [0.1, 0.15) is 44.6 Å². The smallest absolute Gasteiger partial charge is 0.0637 e. The minimum Gasteiger partial charge on any atom is -0.392 e. The normalized spacial score (nSPS) is 20.0. The van der Waals surface area contributed by atoms with Crippen molar-refractivity contribution in [3.8, 4) is 0 Å². The Kier molecular flexibility index (Phi) is 4.58. The molecule has 1 aliphatic carbocycles. The molecule has 3 heteroatoms. The van der Waals surface area contributed by atoms with E-state index in [1.54, 1.807) is 6.07 Å². The van der Waals surface area contributed by atoms with Crippen molar-refractivity contribution in [2.45, 2.75) is 51.6 Å². The van der Waals surface area contributed by atoms with Gasteiger partial charge in [0.15, 0.2) is 0 Å². The zero-order chi connectivity index (χ0) is 13.2. The van der Waals surface area contributed by atoms with Gasteiger partial charge in [0.1, 0.15) is 0 Å². The molecule has 0 aromatic heterocycles. The zero-order valence-corrected chi connectivity index (χ0v) is 12.3. The van der Waals surface area contributed by atoms with Crippen molar-refractivity contribution in [1.82, 2.24) is 0 Å². The molecule has 0 heterocycles. The predicted octanol–water partition coefficient (Wildman–Crippen LogP) is 4.87. The highest BCUT2D eigenvalue weighted by Crippen LogP contribution is 2.45. The van der Waals surface area contributed by atoms with Crippen LogP contribution in [0.15, 0.2) is 18.2 Å². The number of aliphatic hydroxyl groups excluding tert-OH is 1. The second-order valence-electron chi connectivity index (χ2n) is 5.38. The molecular formula is C15H20Cl2O. The summed E-state index contributed by atoms with van der Waals surface area (Å²) in [7, 11) is 0. The Morgan fingerprint density at radius 1 is 1.28 bits per heavy atom. The first-order valence-corrected chi connectivity index (χ1v) is 7.45. The largest absolute Gasteiger partial charge is 0.392 e. The van der Waals surface area contributed by atoms with Gasteiger partial charge in [0.2, 0.25) is 0 Å². The van der Waals surface area contributed by atoms with Crippen LogP contribution in [0.2, 0.25) is 10.0 Å². The van der Waals surface area contributed by atoms with Gasteiger partial charge in [-0.25, -0.2) is 0 Å². The minimum atomic E-state index is -0.302. The second-order valence-corrected chi connectivity index (χ2v) is 6.22. The lowest BCUT2D eigenvalue weighted by atomic mass is 9.76. The van der Waals surface area contributed by atoms with Crippen LogP contribution < -0.4 is 0 Å². The summed E-state index contributed by atoms with van der Waals surface area (Å²) in [5, 5.41) is 11.9. The van der Waals surface area contributed by atoms with Crippen molar-refractivity contribution in [2.75, 3.05) is 0 Å². The number of rotatable bonds is 4. The summed E-state index contributed by atoms with van der Waals surface area (Å²) >= 11 is 12.1. The fraction of sp³-hybridized carbons (Fsp3) is 0.600. The molecule has 1 fully saturated rings. The first-order chi connectivity index (χ1) is 8.57. The van der Waals surface area contributed by atoms with E-state index in [0.29, 0.717) is 16.5 Å². The van der Waals surface area contributed by atoms with Crippen molar-refractivity contribution in [1.29, 1.82) is 0 Å². The van der Waals surface area contributed by atoms with Crippen LogP contribution in [-0.4, -0.2) is 11.2 Å².